The normalized spacial score (nSPS) is 18.0. The number of nitrogens with zero attached hydrogens (tertiary/aromatic N) is 1. The quantitative estimate of drug-likeness (QED) is 0.553. The molecule has 1 fully saturated rings. The van der Waals surface area contributed by atoms with E-state index in [1.807, 2.05) is 79.7 Å². The number of ether oxygens (including phenoxy) is 2. The molecule has 0 aromatic heterocycles. The molecule has 2 atom stereocenters. The van der Waals surface area contributed by atoms with Crippen LogP contribution < -0.4 is 19.7 Å². The molecule has 0 unspecified atom stereocenters. The van der Waals surface area contributed by atoms with Crippen LogP contribution in [0.5, 0.6) is 11.5 Å². The number of aryl methyl sites for hydroxylation is 1. The van der Waals surface area contributed by atoms with E-state index in [9.17, 15) is 9.59 Å². The minimum absolute atomic E-state index is 0.0735. The van der Waals surface area contributed by atoms with Gasteiger partial charge in [0, 0.05) is 11.7 Å². The van der Waals surface area contributed by atoms with Crippen molar-refractivity contribution in [3.63, 3.8) is 0 Å². The molecule has 2 amide bonds. The summed E-state index contributed by atoms with van der Waals surface area (Å²) >= 11 is 0. The van der Waals surface area contributed by atoms with Gasteiger partial charge < -0.3 is 14.8 Å². The first-order chi connectivity index (χ1) is 17.1. The number of nitrogens with one attached hydrogen (secondary N) is 1. The van der Waals surface area contributed by atoms with Crippen molar-refractivity contribution in [2.75, 3.05) is 11.5 Å². The van der Waals surface area contributed by atoms with E-state index in [1.165, 1.54) is 0 Å². The number of amides is 2. The van der Waals surface area contributed by atoms with E-state index >= 15 is 0 Å². The molecule has 3 aromatic rings. The van der Waals surface area contributed by atoms with Crippen LogP contribution in [-0.4, -0.2) is 30.6 Å². The molecule has 35 heavy (non-hydrogen) atoms. The monoisotopic (exact) mass is 470 g/mol. The van der Waals surface area contributed by atoms with Crippen LogP contribution in [-0.2, 0) is 9.59 Å². The lowest BCUT2D eigenvalue weighted by Gasteiger charge is -2.35. The Morgan fingerprint density at radius 2 is 1.54 bits per heavy atom. The second-order valence-electron chi connectivity index (χ2n) is 9.21. The van der Waals surface area contributed by atoms with Crippen LogP contribution in [0.1, 0.15) is 42.9 Å². The molecule has 1 heterocycles. The number of fused-ring (bicyclic) bond motifs is 1. The fraction of sp³-hybridized carbons (Fsp3) is 0.310. The highest BCUT2D eigenvalue weighted by molar-refractivity contribution is 6.03. The number of para-hydroxylation sites is 3. The standard InChI is InChI=1S/C29H30N2O4/c1-20-15-17-21(18-16-20)27(28(32)30-22-9-5-6-10-22)31(23-11-3-2-4-12-23)29(33)26-19-34-24-13-7-8-14-25(24)35-26/h2-4,7-8,11-18,22,26-27H,5-6,9-10,19H2,1H3,(H,30,32)/t26-,27+/m1/s1. The summed E-state index contributed by atoms with van der Waals surface area (Å²) in [6, 6.07) is 23.7. The van der Waals surface area contributed by atoms with Crippen molar-refractivity contribution < 1.29 is 19.1 Å². The van der Waals surface area contributed by atoms with E-state index in [-0.39, 0.29) is 24.5 Å². The SMILES string of the molecule is Cc1ccc([C@@H](C(=O)NC2CCCC2)N(C(=O)[C@H]2COc3ccccc3O2)c2ccccc2)cc1. The van der Waals surface area contributed by atoms with E-state index in [0.29, 0.717) is 17.2 Å². The van der Waals surface area contributed by atoms with E-state index in [1.54, 1.807) is 11.0 Å². The Morgan fingerprint density at radius 1 is 0.886 bits per heavy atom. The van der Waals surface area contributed by atoms with Gasteiger partial charge in [-0.3, -0.25) is 14.5 Å². The van der Waals surface area contributed by atoms with Crippen molar-refractivity contribution in [3.05, 3.63) is 90.0 Å². The zero-order valence-corrected chi connectivity index (χ0v) is 19.9. The summed E-state index contributed by atoms with van der Waals surface area (Å²) in [5.74, 6) is 0.622. The maximum Gasteiger partial charge on any atom is 0.272 e. The van der Waals surface area contributed by atoms with Gasteiger partial charge in [-0.2, -0.15) is 0 Å². The van der Waals surface area contributed by atoms with Crippen molar-refractivity contribution >= 4 is 17.5 Å². The van der Waals surface area contributed by atoms with Crippen molar-refractivity contribution in [1.29, 1.82) is 0 Å². The van der Waals surface area contributed by atoms with Crippen LogP contribution in [0.25, 0.3) is 0 Å². The van der Waals surface area contributed by atoms with E-state index in [4.69, 9.17) is 9.47 Å². The molecule has 0 bridgehead atoms. The Labute approximate surface area is 205 Å². The average molecular weight is 471 g/mol. The summed E-state index contributed by atoms with van der Waals surface area (Å²) in [5, 5.41) is 3.21. The lowest BCUT2D eigenvalue weighted by atomic mass is 10.00. The van der Waals surface area contributed by atoms with Crippen molar-refractivity contribution in [1.82, 2.24) is 5.32 Å². The molecule has 1 aliphatic carbocycles. The first kappa shape index (κ1) is 23.0. The molecular weight excluding hydrogens is 440 g/mol. The van der Waals surface area contributed by atoms with Crippen molar-refractivity contribution in [2.24, 2.45) is 0 Å². The largest absolute Gasteiger partial charge is 0.485 e. The van der Waals surface area contributed by atoms with E-state index < -0.39 is 12.1 Å². The summed E-state index contributed by atoms with van der Waals surface area (Å²) in [6.07, 6.45) is 3.25. The third-order valence-electron chi connectivity index (χ3n) is 6.66. The van der Waals surface area contributed by atoms with Crippen molar-refractivity contribution in [3.8, 4) is 11.5 Å². The molecule has 3 aromatic carbocycles. The smallest absolute Gasteiger partial charge is 0.272 e. The highest BCUT2D eigenvalue weighted by atomic mass is 16.6. The van der Waals surface area contributed by atoms with Gasteiger partial charge in [0.15, 0.2) is 11.5 Å². The number of carbonyl (C=O) groups excluding carboxylic acids is 2. The lowest BCUT2D eigenvalue weighted by Crippen LogP contribution is -2.52. The van der Waals surface area contributed by atoms with E-state index in [0.717, 1.165) is 36.8 Å². The predicted molar refractivity (Wildman–Crippen MR) is 135 cm³/mol. The van der Waals surface area contributed by atoms with Gasteiger partial charge in [0.2, 0.25) is 12.0 Å². The first-order valence-electron chi connectivity index (χ1n) is 12.2. The Balaban J connectivity index is 1.53. The molecular formula is C29H30N2O4. The van der Waals surface area contributed by atoms with Gasteiger partial charge in [0.05, 0.1) is 0 Å². The third-order valence-corrected chi connectivity index (χ3v) is 6.66. The topological polar surface area (TPSA) is 67.9 Å². The molecule has 5 rings (SSSR count). The summed E-state index contributed by atoms with van der Waals surface area (Å²) in [7, 11) is 0. The number of rotatable bonds is 6. The highest BCUT2D eigenvalue weighted by Gasteiger charge is 2.39. The Morgan fingerprint density at radius 3 is 2.26 bits per heavy atom. The van der Waals surface area contributed by atoms with Gasteiger partial charge in [-0.15, -0.1) is 0 Å². The zero-order valence-electron chi connectivity index (χ0n) is 19.9. The van der Waals surface area contributed by atoms with Crippen LogP contribution in [0, 0.1) is 6.92 Å². The van der Waals surface area contributed by atoms with Crippen LogP contribution in [0.4, 0.5) is 5.69 Å². The number of hydrogen-bond donors (Lipinski definition) is 1. The van der Waals surface area contributed by atoms with Crippen molar-refractivity contribution in [2.45, 2.75) is 50.8 Å². The maximum atomic E-state index is 14.1. The number of hydrogen-bond acceptors (Lipinski definition) is 4. The Bertz CT molecular complexity index is 1170. The number of anilines is 1. The van der Waals surface area contributed by atoms with E-state index in [2.05, 4.69) is 5.32 Å². The Hall–Kier alpha value is -3.80. The van der Waals surface area contributed by atoms with Gasteiger partial charge in [-0.25, -0.2) is 0 Å². The molecule has 2 aliphatic rings. The molecule has 0 saturated heterocycles. The second-order valence-corrected chi connectivity index (χ2v) is 9.21. The van der Waals surface area contributed by atoms with Crippen LogP contribution in [0.15, 0.2) is 78.9 Å². The molecule has 1 N–H and O–H groups in total. The minimum atomic E-state index is -0.877. The number of benzene rings is 3. The molecule has 6 nitrogen and oxygen atoms in total. The van der Waals surface area contributed by atoms with Gasteiger partial charge in [0.1, 0.15) is 12.6 Å². The maximum absolute atomic E-state index is 14.1. The van der Waals surface area contributed by atoms with Crippen LogP contribution >= 0.6 is 0 Å². The molecule has 6 heteroatoms. The Kier molecular flexibility index (Phi) is 6.70. The molecule has 1 saturated carbocycles. The second kappa shape index (κ2) is 10.2. The molecule has 180 valence electrons. The fourth-order valence-corrected chi connectivity index (χ4v) is 4.81. The predicted octanol–water partition coefficient (Wildman–Crippen LogP) is 4.97. The minimum Gasteiger partial charge on any atom is -0.485 e. The molecule has 1 aliphatic heterocycles. The average Bonchev–Trinajstić information content (AvgIpc) is 3.41. The van der Waals surface area contributed by atoms with Gasteiger partial charge in [0.25, 0.3) is 5.91 Å². The third kappa shape index (κ3) is 5.02. The first-order valence-corrected chi connectivity index (χ1v) is 12.2. The molecule has 0 spiro atoms. The lowest BCUT2D eigenvalue weighted by molar-refractivity contribution is -0.132. The summed E-state index contributed by atoms with van der Waals surface area (Å²) in [4.78, 5) is 29.4. The van der Waals surface area contributed by atoms with Crippen LogP contribution in [0.2, 0.25) is 0 Å². The summed E-state index contributed by atoms with van der Waals surface area (Å²) < 4.78 is 11.9. The fourth-order valence-electron chi connectivity index (χ4n) is 4.81. The van der Waals surface area contributed by atoms with Gasteiger partial charge in [-0.1, -0.05) is 73.0 Å². The highest BCUT2D eigenvalue weighted by Crippen LogP contribution is 2.34. The zero-order chi connectivity index (χ0) is 24.2. The van der Waals surface area contributed by atoms with Crippen LogP contribution in [0.3, 0.4) is 0 Å². The van der Waals surface area contributed by atoms with Gasteiger partial charge in [-0.05, 0) is 49.6 Å². The summed E-state index contributed by atoms with van der Waals surface area (Å²) in [5.41, 5.74) is 2.47. The number of carbonyl (C=O) groups is 2. The molecule has 0 radical (unpaired) electrons. The summed E-state index contributed by atoms with van der Waals surface area (Å²) in [6.45, 7) is 2.08. The van der Waals surface area contributed by atoms with Gasteiger partial charge >= 0.3 is 0 Å².